The SMILES string of the molecule is F[B-](F)(F)C1CCN(CC2CNC2)CC1. The number of piperidine rings is 1. The van der Waals surface area contributed by atoms with Crippen LogP contribution in [0.2, 0.25) is 5.82 Å². The minimum atomic E-state index is -4.60. The van der Waals surface area contributed by atoms with E-state index in [1.165, 1.54) is 0 Å². The van der Waals surface area contributed by atoms with Crippen molar-refractivity contribution >= 4 is 6.98 Å². The molecule has 2 aliphatic heterocycles. The third-order valence-corrected chi connectivity index (χ3v) is 3.55. The van der Waals surface area contributed by atoms with Gasteiger partial charge in [0, 0.05) is 19.6 Å². The van der Waals surface area contributed by atoms with Crippen LogP contribution in [-0.2, 0) is 0 Å². The predicted molar refractivity (Wildman–Crippen MR) is 54.9 cm³/mol. The summed E-state index contributed by atoms with van der Waals surface area (Å²) in [5, 5.41) is 3.18. The molecule has 0 bridgehead atoms. The summed E-state index contributed by atoms with van der Waals surface area (Å²) in [5.74, 6) is -0.335. The molecule has 0 aliphatic carbocycles. The zero-order valence-electron chi connectivity index (χ0n) is 8.76. The van der Waals surface area contributed by atoms with Crippen LogP contribution in [0.1, 0.15) is 12.8 Å². The highest BCUT2D eigenvalue weighted by Crippen LogP contribution is 2.35. The molecule has 0 aromatic carbocycles. The van der Waals surface area contributed by atoms with E-state index >= 15 is 0 Å². The number of halogens is 3. The Morgan fingerprint density at radius 2 is 1.73 bits per heavy atom. The molecule has 15 heavy (non-hydrogen) atoms. The van der Waals surface area contributed by atoms with Crippen molar-refractivity contribution in [3.05, 3.63) is 0 Å². The molecule has 2 saturated heterocycles. The third-order valence-electron chi connectivity index (χ3n) is 3.55. The van der Waals surface area contributed by atoms with E-state index in [9.17, 15) is 12.9 Å². The van der Waals surface area contributed by atoms with Gasteiger partial charge in [-0.05, 0) is 19.0 Å². The lowest BCUT2D eigenvalue weighted by Gasteiger charge is -2.39. The fraction of sp³-hybridized carbons (Fsp3) is 1.00. The molecule has 88 valence electrons. The Balaban J connectivity index is 1.71. The molecule has 2 aliphatic rings. The Morgan fingerprint density at radius 3 is 2.13 bits per heavy atom. The molecule has 2 heterocycles. The van der Waals surface area contributed by atoms with Gasteiger partial charge in [-0.2, -0.15) is 0 Å². The monoisotopic (exact) mass is 221 g/mol. The van der Waals surface area contributed by atoms with Crippen molar-refractivity contribution in [1.82, 2.24) is 10.2 Å². The van der Waals surface area contributed by atoms with E-state index in [0.717, 1.165) is 19.6 Å². The van der Waals surface area contributed by atoms with Crippen molar-refractivity contribution in [2.24, 2.45) is 5.92 Å². The van der Waals surface area contributed by atoms with Crippen LogP contribution in [0, 0.1) is 5.92 Å². The van der Waals surface area contributed by atoms with Crippen LogP contribution in [0.5, 0.6) is 0 Å². The van der Waals surface area contributed by atoms with Gasteiger partial charge in [-0.25, -0.2) is 0 Å². The fourth-order valence-electron chi connectivity index (χ4n) is 2.36. The lowest BCUT2D eigenvalue weighted by atomic mass is 9.67. The van der Waals surface area contributed by atoms with Gasteiger partial charge >= 0.3 is 6.98 Å². The first-order valence-corrected chi connectivity index (χ1v) is 5.69. The van der Waals surface area contributed by atoms with Crippen molar-refractivity contribution in [2.75, 3.05) is 32.7 Å². The lowest BCUT2D eigenvalue weighted by molar-refractivity contribution is 0.160. The summed E-state index contributed by atoms with van der Waals surface area (Å²) in [5.41, 5.74) is 0. The fourth-order valence-corrected chi connectivity index (χ4v) is 2.36. The molecule has 0 saturated carbocycles. The van der Waals surface area contributed by atoms with Gasteiger partial charge in [0.05, 0.1) is 0 Å². The van der Waals surface area contributed by atoms with E-state index < -0.39 is 12.8 Å². The molecular weight excluding hydrogens is 204 g/mol. The lowest BCUT2D eigenvalue weighted by Crippen LogP contribution is -2.50. The van der Waals surface area contributed by atoms with Crippen molar-refractivity contribution < 1.29 is 12.9 Å². The molecule has 0 spiro atoms. The van der Waals surface area contributed by atoms with E-state index in [1.54, 1.807) is 0 Å². The number of hydrogen-bond donors (Lipinski definition) is 1. The highest BCUT2D eigenvalue weighted by molar-refractivity contribution is 6.60. The molecule has 2 nitrogen and oxygen atoms in total. The van der Waals surface area contributed by atoms with Gasteiger partial charge in [-0.15, -0.1) is 0 Å². The van der Waals surface area contributed by atoms with E-state index in [4.69, 9.17) is 0 Å². The topological polar surface area (TPSA) is 15.3 Å². The second-order valence-electron chi connectivity index (χ2n) is 4.79. The molecule has 0 aromatic heterocycles. The zero-order chi connectivity index (χ0) is 10.9. The van der Waals surface area contributed by atoms with Crippen LogP contribution in [0.3, 0.4) is 0 Å². The minimum Gasteiger partial charge on any atom is -0.449 e. The van der Waals surface area contributed by atoms with Gasteiger partial charge in [0.1, 0.15) is 0 Å². The number of nitrogens with one attached hydrogen (secondary N) is 1. The quantitative estimate of drug-likeness (QED) is 0.727. The van der Waals surface area contributed by atoms with Crippen LogP contribution in [0.15, 0.2) is 0 Å². The highest BCUT2D eigenvalue weighted by atomic mass is 19.4. The molecule has 0 aromatic rings. The highest BCUT2D eigenvalue weighted by Gasteiger charge is 2.37. The second-order valence-corrected chi connectivity index (χ2v) is 4.79. The minimum absolute atomic E-state index is 0.309. The first-order valence-electron chi connectivity index (χ1n) is 5.69. The van der Waals surface area contributed by atoms with Gasteiger partial charge in [0.25, 0.3) is 0 Å². The van der Waals surface area contributed by atoms with Crippen molar-refractivity contribution in [2.45, 2.75) is 18.7 Å². The maximum Gasteiger partial charge on any atom is 0.481 e. The Kier molecular flexibility index (Phi) is 3.26. The number of rotatable bonds is 3. The first kappa shape index (κ1) is 11.3. The average Bonchev–Trinajstić information content (AvgIpc) is 2.11. The van der Waals surface area contributed by atoms with Crippen molar-refractivity contribution in [3.63, 3.8) is 0 Å². The van der Waals surface area contributed by atoms with E-state index in [1.807, 2.05) is 0 Å². The van der Waals surface area contributed by atoms with Crippen molar-refractivity contribution in [1.29, 1.82) is 0 Å². The maximum absolute atomic E-state index is 12.4. The molecule has 2 rings (SSSR count). The summed E-state index contributed by atoms with van der Waals surface area (Å²) < 4.78 is 37.3. The molecular formula is C9H17BF3N2-. The van der Waals surface area contributed by atoms with E-state index in [0.29, 0.717) is 31.8 Å². The molecule has 6 heteroatoms. The Labute approximate surface area is 88.3 Å². The summed E-state index contributed by atoms with van der Waals surface area (Å²) in [4.78, 5) is 2.18. The predicted octanol–water partition coefficient (Wildman–Crippen LogP) is 1.52. The third kappa shape index (κ3) is 2.87. The summed E-state index contributed by atoms with van der Waals surface area (Å²) in [6, 6.07) is 0. The Hall–Kier alpha value is -0.225. The van der Waals surface area contributed by atoms with Crippen LogP contribution >= 0.6 is 0 Å². The summed E-state index contributed by atoms with van der Waals surface area (Å²) in [7, 11) is 0. The standard InChI is InChI=1S/C9H17BF3N2/c11-10(12,13)9-1-3-15(4-2-9)7-8-5-14-6-8/h8-9,14H,1-7H2/q-1. The Morgan fingerprint density at radius 1 is 1.13 bits per heavy atom. The maximum atomic E-state index is 12.4. The molecule has 0 atom stereocenters. The number of hydrogen-bond acceptors (Lipinski definition) is 2. The molecule has 0 unspecified atom stereocenters. The zero-order valence-corrected chi connectivity index (χ0v) is 8.76. The van der Waals surface area contributed by atoms with Gasteiger partial charge in [0.15, 0.2) is 0 Å². The van der Waals surface area contributed by atoms with Crippen LogP contribution in [0.25, 0.3) is 0 Å². The van der Waals surface area contributed by atoms with Crippen LogP contribution in [-0.4, -0.2) is 44.6 Å². The normalized spacial score (nSPS) is 26.6. The molecule has 0 amide bonds. The van der Waals surface area contributed by atoms with Gasteiger partial charge in [-0.3, -0.25) is 0 Å². The van der Waals surface area contributed by atoms with Gasteiger partial charge in [-0.1, -0.05) is 18.7 Å². The van der Waals surface area contributed by atoms with E-state index in [-0.39, 0.29) is 0 Å². The van der Waals surface area contributed by atoms with Crippen LogP contribution in [0.4, 0.5) is 12.9 Å². The first-order chi connectivity index (χ1) is 7.05. The van der Waals surface area contributed by atoms with Crippen LogP contribution < -0.4 is 5.32 Å². The number of likely N-dealkylation sites (tertiary alicyclic amines) is 1. The summed E-state index contributed by atoms with van der Waals surface area (Å²) in [6.45, 7) is -0.308. The van der Waals surface area contributed by atoms with Crippen molar-refractivity contribution in [3.8, 4) is 0 Å². The summed E-state index contributed by atoms with van der Waals surface area (Å²) in [6.07, 6.45) is 0.618. The van der Waals surface area contributed by atoms with E-state index in [2.05, 4.69) is 10.2 Å². The molecule has 0 radical (unpaired) electrons. The smallest absolute Gasteiger partial charge is 0.449 e. The number of nitrogens with zero attached hydrogens (tertiary/aromatic N) is 1. The van der Waals surface area contributed by atoms with Gasteiger partial charge in [0.2, 0.25) is 0 Å². The Bertz CT molecular complexity index is 210. The largest absolute Gasteiger partial charge is 0.481 e. The molecule has 2 fully saturated rings. The average molecular weight is 221 g/mol. The second kappa shape index (κ2) is 4.33. The van der Waals surface area contributed by atoms with Gasteiger partial charge < -0.3 is 23.2 Å². The molecule has 1 N–H and O–H groups in total. The summed E-state index contributed by atoms with van der Waals surface area (Å²) >= 11 is 0.